The molecule has 1 fully saturated rings. The van der Waals surface area contributed by atoms with Crippen LogP contribution in [0.15, 0.2) is 29.2 Å². The molecule has 1 unspecified atom stereocenters. The maximum Gasteiger partial charge on any atom is 0.292 e. The van der Waals surface area contributed by atoms with Crippen LogP contribution >= 0.6 is 23.2 Å². The van der Waals surface area contributed by atoms with E-state index in [0.29, 0.717) is 35.9 Å². The second-order valence-corrected chi connectivity index (χ2v) is 7.13. The lowest BCUT2D eigenvalue weighted by Crippen LogP contribution is -2.31. The topological polar surface area (TPSA) is 67.2 Å². The molecule has 1 aliphatic rings. The van der Waals surface area contributed by atoms with Crippen molar-refractivity contribution >= 4 is 34.8 Å². The van der Waals surface area contributed by atoms with Crippen LogP contribution in [0.5, 0.6) is 0 Å². The van der Waals surface area contributed by atoms with Crippen LogP contribution in [-0.4, -0.2) is 39.7 Å². The van der Waals surface area contributed by atoms with Crippen LogP contribution in [-0.2, 0) is 4.79 Å². The molecule has 1 aliphatic heterocycles. The molecule has 8 heteroatoms. The fraction of sp³-hybridized carbons (Fsp3) is 0.389. The number of nitrogens with one attached hydrogen (secondary N) is 1. The number of nitrogens with zero attached hydrogens (tertiary/aromatic N) is 3. The Balaban J connectivity index is 1.81. The average molecular weight is 395 g/mol. The van der Waals surface area contributed by atoms with Gasteiger partial charge >= 0.3 is 0 Å². The Kier molecular flexibility index (Phi) is 5.53. The summed E-state index contributed by atoms with van der Waals surface area (Å²) in [6.07, 6.45) is 2.82. The fourth-order valence-corrected chi connectivity index (χ4v) is 3.34. The molecule has 1 N–H and O–H groups in total. The number of halogens is 2. The van der Waals surface area contributed by atoms with Gasteiger partial charge in [0.05, 0.1) is 17.6 Å². The number of hydrogen-bond acceptors (Lipinski definition) is 4. The molecule has 0 saturated carbocycles. The van der Waals surface area contributed by atoms with E-state index in [0.717, 1.165) is 12.0 Å². The van der Waals surface area contributed by atoms with Crippen LogP contribution in [0.4, 0.5) is 5.69 Å². The van der Waals surface area contributed by atoms with Crippen molar-refractivity contribution in [1.82, 2.24) is 14.7 Å². The number of aryl methyl sites for hydroxylation is 1. The number of carbonyl (C=O) groups excluding carboxylic acids is 1. The predicted octanol–water partition coefficient (Wildman–Crippen LogP) is 3.27. The van der Waals surface area contributed by atoms with Crippen molar-refractivity contribution in [3.8, 4) is 5.69 Å². The summed E-state index contributed by atoms with van der Waals surface area (Å²) in [6.45, 7) is 5.03. The lowest BCUT2D eigenvalue weighted by Gasteiger charge is -2.17. The summed E-state index contributed by atoms with van der Waals surface area (Å²) in [5.41, 5.74) is 1.53. The molecule has 1 amide bonds. The first-order valence-electron chi connectivity index (χ1n) is 8.49. The molecular formula is C18H20Cl2N4O2. The molecular weight excluding hydrogens is 375 g/mol. The highest BCUT2D eigenvalue weighted by Gasteiger charge is 2.26. The zero-order valence-corrected chi connectivity index (χ0v) is 16.1. The van der Waals surface area contributed by atoms with Gasteiger partial charge in [-0.15, -0.1) is 0 Å². The van der Waals surface area contributed by atoms with Gasteiger partial charge in [0.25, 0.3) is 5.56 Å². The minimum atomic E-state index is -0.420. The maximum absolute atomic E-state index is 12.6. The van der Waals surface area contributed by atoms with Gasteiger partial charge in [-0.05, 0) is 31.0 Å². The number of anilines is 1. The Morgan fingerprint density at radius 3 is 2.85 bits per heavy atom. The minimum absolute atomic E-state index is 0.0499. The first-order valence-corrected chi connectivity index (χ1v) is 9.25. The molecule has 1 atom stereocenters. The van der Waals surface area contributed by atoms with Gasteiger partial charge in [0.15, 0.2) is 0 Å². The molecule has 26 heavy (non-hydrogen) atoms. The quantitative estimate of drug-likeness (QED) is 0.863. The predicted molar refractivity (Wildman–Crippen MR) is 103 cm³/mol. The van der Waals surface area contributed by atoms with Gasteiger partial charge in [-0.25, -0.2) is 0 Å². The standard InChI is InChI=1S/C18H20Cl2N4O2/c1-3-16(25)23-7-6-12(10-23)22-15-9-21-24(18(26)17(15)20)13-5-4-11(2)14(19)8-13/h4-5,8-9,12,22H,3,6-7,10H2,1-2H3. The van der Waals surface area contributed by atoms with Crippen LogP contribution in [0.25, 0.3) is 5.69 Å². The summed E-state index contributed by atoms with van der Waals surface area (Å²) in [5, 5.41) is 8.06. The highest BCUT2D eigenvalue weighted by Crippen LogP contribution is 2.23. The number of aromatic nitrogens is 2. The van der Waals surface area contributed by atoms with E-state index in [1.54, 1.807) is 12.1 Å². The van der Waals surface area contributed by atoms with Gasteiger partial charge in [-0.1, -0.05) is 36.2 Å². The average Bonchev–Trinajstić information content (AvgIpc) is 3.09. The lowest BCUT2D eigenvalue weighted by atomic mass is 10.2. The number of benzene rings is 1. The Morgan fingerprint density at radius 2 is 2.15 bits per heavy atom. The van der Waals surface area contributed by atoms with Crippen LogP contribution in [0, 0.1) is 6.92 Å². The molecule has 1 saturated heterocycles. The van der Waals surface area contributed by atoms with E-state index >= 15 is 0 Å². The van der Waals surface area contributed by atoms with Crippen molar-refractivity contribution in [3.63, 3.8) is 0 Å². The molecule has 0 spiro atoms. The molecule has 138 valence electrons. The smallest absolute Gasteiger partial charge is 0.292 e. The van der Waals surface area contributed by atoms with E-state index < -0.39 is 5.56 Å². The second kappa shape index (κ2) is 7.68. The summed E-state index contributed by atoms with van der Waals surface area (Å²) in [6, 6.07) is 5.32. The summed E-state index contributed by atoms with van der Waals surface area (Å²) >= 11 is 12.4. The Bertz CT molecular complexity index is 897. The van der Waals surface area contributed by atoms with E-state index in [1.807, 2.05) is 24.8 Å². The van der Waals surface area contributed by atoms with Crippen LogP contribution in [0.3, 0.4) is 0 Å². The normalized spacial score (nSPS) is 16.8. The highest BCUT2D eigenvalue weighted by molar-refractivity contribution is 6.33. The molecule has 1 aromatic carbocycles. The van der Waals surface area contributed by atoms with E-state index in [1.165, 1.54) is 10.9 Å². The van der Waals surface area contributed by atoms with Crippen molar-refractivity contribution in [3.05, 3.63) is 50.4 Å². The maximum atomic E-state index is 12.6. The summed E-state index contributed by atoms with van der Waals surface area (Å²) < 4.78 is 1.22. The SMILES string of the molecule is CCC(=O)N1CCC(Nc2cnn(-c3ccc(C)c(Cl)c3)c(=O)c2Cl)C1. The number of likely N-dealkylation sites (tertiary alicyclic amines) is 1. The lowest BCUT2D eigenvalue weighted by molar-refractivity contribution is -0.129. The largest absolute Gasteiger partial charge is 0.378 e. The van der Waals surface area contributed by atoms with E-state index in [2.05, 4.69) is 10.4 Å². The Hall–Kier alpha value is -2.05. The van der Waals surface area contributed by atoms with Crippen LogP contribution in [0.1, 0.15) is 25.3 Å². The number of hydrogen-bond donors (Lipinski definition) is 1. The fourth-order valence-electron chi connectivity index (χ4n) is 2.98. The molecule has 1 aromatic heterocycles. The molecule has 3 rings (SSSR count). The summed E-state index contributed by atoms with van der Waals surface area (Å²) in [5.74, 6) is 0.130. The summed E-state index contributed by atoms with van der Waals surface area (Å²) in [7, 11) is 0. The minimum Gasteiger partial charge on any atom is -0.378 e. The van der Waals surface area contributed by atoms with Gasteiger partial charge in [0.1, 0.15) is 5.02 Å². The van der Waals surface area contributed by atoms with Gasteiger partial charge in [0, 0.05) is 30.6 Å². The number of amides is 1. The van der Waals surface area contributed by atoms with Crippen molar-refractivity contribution in [1.29, 1.82) is 0 Å². The molecule has 2 aromatic rings. The third-order valence-electron chi connectivity index (χ3n) is 4.52. The van der Waals surface area contributed by atoms with Gasteiger partial charge in [0.2, 0.25) is 5.91 Å². The summed E-state index contributed by atoms with van der Waals surface area (Å²) in [4.78, 5) is 26.2. The molecule has 0 bridgehead atoms. The highest BCUT2D eigenvalue weighted by atomic mass is 35.5. The van der Waals surface area contributed by atoms with Crippen molar-refractivity contribution in [2.45, 2.75) is 32.7 Å². The monoisotopic (exact) mass is 394 g/mol. The van der Waals surface area contributed by atoms with Crippen molar-refractivity contribution in [2.24, 2.45) is 0 Å². The molecule has 0 aliphatic carbocycles. The van der Waals surface area contributed by atoms with Gasteiger partial charge < -0.3 is 10.2 Å². The number of rotatable bonds is 4. The molecule has 2 heterocycles. The van der Waals surface area contributed by atoms with E-state index in [-0.39, 0.29) is 17.0 Å². The zero-order valence-electron chi connectivity index (χ0n) is 14.6. The second-order valence-electron chi connectivity index (χ2n) is 6.35. The first kappa shape index (κ1) is 18.7. The third kappa shape index (κ3) is 3.71. The third-order valence-corrected chi connectivity index (χ3v) is 5.29. The van der Waals surface area contributed by atoms with Gasteiger partial charge in [-0.3, -0.25) is 9.59 Å². The first-order chi connectivity index (χ1) is 12.4. The van der Waals surface area contributed by atoms with Crippen LogP contribution in [0.2, 0.25) is 10.0 Å². The Labute approximate surface area is 161 Å². The molecule has 0 radical (unpaired) electrons. The Morgan fingerprint density at radius 1 is 1.38 bits per heavy atom. The van der Waals surface area contributed by atoms with E-state index in [4.69, 9.17) is 23.2 Å². The van der Waals surface area contributed by atoms with Crippen molar-refractivity contribution < 1.29 is 4.79 Å². The van der Waals surface area contributed by atoms with Crippen molar-refractivity contribution in [2.75, 3.05) is 18.4 Å². The van der Waals surface area contributed by atoms with Crippen LogP contribution < -0.4 is 10.9 Å². The number of carbonyl (C=O) groups is 1. The zero-order chi connectivity index (χ0) is 18.8. The van der Waals surface area contributed by atoms with E-state index in [9.17, 15) is 9.59 Å². The molecule has 6 nitrogen and oxygen atoms in total. The van der Waals surface area contributed by atoms with Gasteiger partial charge in [-0.2, -0.15) is 9.78 Å².